The molecule has 1 saturated heterocycles. The third-order valence-electron chi connectivity index (χ3n) is 3.17. The molecule has 1 aliphatic rings. The predicted octanol–water partition coefficient (Wildman–Crippen LogP) is 0.972. The summed E-state index contributed by atoms with van der Waals surface area (Å²) >= 11 is 0. The van der Waals surface area contributed by atoms with E-state index in [1.165, 1.54) is 5.56 Å². The van der Waals surface area contributed by atoms with Gasteiger partial charge in [-0.25, -0.2) is 0 Å². The van der Waals surface area contributed by atoms with Gasteiger partial charge in [-0.05, 0) is 30.5 Å². The van der Waals surface area contributed by atoms with Crippen LogP contribution in [0.4, 0.5) is 0 Å². The first kappa shape index (κ1) is 13.7. The Balaban J connectivity index is 1.71. The van der Waals surface area contributed by atoms with Crippen LogP contribution in [0.1, 0.15) is 12.0 Å². The average molecular weight is 263 g/mol. The van der Waals surface area contributed by atoms with E-state index in [0.717, 1.165) is 45.7 Å². The molecule has 1 heterocycles. The Bertz CT molecular complexity index is 411. The monoisotopic (exact) mass is 263 g/mol. The molecule has 0 amide bonds. The van der Waals surface area contributed by atoms with Crippen LogP contribution in [0.25, 0.3) is 0 Å². The van der Waals surface area contributed by atoms with Crippen molar-refractivity contribution in [2.75, 3.05) is 32.8 Å². The first-order chi connectivity index (χ1) is 9.25. The Hall–Kier alpha value is -1.75. The predicted molar refractivity (Wildman–Crippen MR) is 75.3 cm³/mol. The SMILES string of the molecule is NC(=NCCCc1ccc(O)cc1)N1CCOCC1. The van der Waals surface area contributed by atoms with E-state index in [1.54, 1.807) is 12.1 Å². The van der Waals surface area contributed by atoms with E-state index in [4.69, 9.17) is 10.5 Å². The van der Waals surface area contributed by atoms with Gasteiger partial charge in [0.05, 0.1) is 13.2 Å². The zero-order valence-corrected chi connectivity index (χ0v) is 11.1. The molecule has 0 radical (unpaired) electrons. The van der Waals surface area contributed by atoms with E-state index in [1.807, 2.05) is 12.1 Å². The van der Waals surface area contributed by atoms with E-state index in [-0.39, 0.29) is 0 Å². The molecule has 1 aliphatic heterocycles. The van der Waals surface area contributed by atoms with Gasteiger partial charge in [-0.1, -0.05) is 12.1 Å². The Kier molecular flexibility index (Phi) is 5.03. The molecule has 1 aromatic carbocycles. The van der Waals surface area contributed by atoms with Gasteiger partial charge in [0.2, 0.25) is 0 Å². The molecule has 3 N–H and O–H groups in total. The highest BCUT2D eigenvalue weighted by Crippen LogP contribution is 2.11. The number of aryl methyl sites for hydroxylation is 1. The van der Waals surface area contributed by atoms with Gasteiger partial charge in [-0.2, -0.15) is 0 Å². The minimum Gasteiger partial charge on any atom is -0.508 e. The highest BCUT2D eigenvalue weighted by molar-refractivity contribution is 5.78. The fraction of sp³-hybridized carbons (Fsp3) is 0.500. The molecule has 0 aromatic heterocycles. The zero-order valence-electron chi connectivity index (χ0n) is 11.1. The van der Waals surface area contributed by atoms with Gasteiger partial charge in [-0.3, -0.25) is 4.99 Å². The van der Waals surface area contributed by atoms with Crippen LogP contribution in [0.5, 0.6) is 5.75 Å². The maximum atomic E-state index is 9.19. The van der Waals surface area contributed by atoms with Crippen molar-refractivity contribution in [2.24, 2.45) is 10.7 Å². The second-order valence-electron chi connectivity index (χ2n) is 4.61. The number of nitrogens with zero attached hydrogens (tertiary/aromatic N) is 2. The smallest absolute Gasteiger partial charge is 0.191 e. The van der Waals surface area contributed by atoms with E-state index in [9.17, 15) is 5.11 Å². The number of nitrogens with two attached hydrogens (primary N) is 1. The van der Waals surface area contributed by atoms with Crippen LogP contribution >= 0.6 is 0 Å². The van der Waals surface area contributed by atoms with Crippen molar-refractivity contribution in [1.82, 2.24) is 4.90 Å². The third kappa shape index (κ3) is 4.44. The van der Waals surface area contributed by atoms with Crippen molar-refractivity contribution in [2.45, 2.75) is 12.8 Å². The number of hydrogen-bond acceptors (Lipinski definition) is 3. The number of aliphatic imine (C=N–C) groups is 1. The van der Waals surface area contributed by atoms with Gasteiger partial charge in [0.25, 0.3) is 0 Å². The molecule has 0 unspecified atom stereocenters. The number of ether oxygens (including phenoxy) is 1. The maximum absolute atomic E-state index is 9.19. The second kappa shape index (κ2) is 6.99. The van der Waals surface area contributed by atoms with Crippen molar-refractivity contribution in [3.63, 3.8) is 0 Å². The van der Waals surface area contributed by atoms with E-state index in [2.05, 4.69) is 9.89 Å². The van der Waals surface area contributed by atoms with E-state index < -0.39 is 0 Å². The van der Waals surface area contributed by atoms with Crippen molar-refractivity contribution < 1.29 is 9.84 Å². The lowest BCUT2D eigenvalue weighted by Gasteiger charge is -2.27. The number of benzene rings is 1. The molecule has 2 rings (SSSR count). The molecule has 0 aliphatic carbocycles. The van der Waals surface area contributed by atoms with Crippen LogP contribution < -0.4 is 5.73 Å². The lowest BCUT2D eigenvalue weighted by atomic mass is 10.1. The summed E-state index contributed by atoms with van der Waals surface area (Å²) in [5, 5.41) is 9.19. The molecule has 0 atom stereocenters. The summed E-state index contributed by atoms with van der Waals surface area (Å²) < 4.78 is 5.27. The Morgan fingerprint density at radius 1 is 1.26 bits per heavy atom. The number of hydrogen-bond donors (Lipinski definition) is 2. The lowest BCUT2D eigenvalue weighted by molar-refractivity contribution is 0.0674. The summed E-state index contributed by atoms with van der Waals surface area (Å²) in [4.78, 5) is 6.46. The third-order valence-corrected chi connectivity index (χ3v) is 3.17. The van der Waals surface area contributed by atoms with Gasteiger partial charge in [-0.15, -0.1) is 0 Å². The van der Waals surface area contributed by atoms with Crippen molar-refractivity contribution in [3.05, 3.63) is 29.8 Å². The normalized spacial score (nSPS) is 16.6. The minimum atomic E-state index is 0.304. The molecule has 5 nitrogen and oxygen atoms in total. The summed E-state index contributed by atoms with van der Waals surface area (Å²) in [5.74, 6) is 0.923. The van der Waals surface area contributed by atoms with Crippen LogP contribution in [0.15, 0.2) is 29.3 Å². The fourth-order valence-corrected chi connectivity index (χ4v) is 2.03. The van der Waals surface area contributed by atoms with Crippen molar-refractivity contribution in [3.8, 4) is 5.75 Å². The minimum absolute atomic E-state index is 0.304. The molecular formula is C14H21N3O2. The van der Waals surface area contributed by atoms with Crippen LogP contribution in [-0.2, 0) is 11.2 Å². The number of rotatable bonds is 4. The number of guanidine groups is 1. The molecule has 0 saturated carbocycles. The fourth-order valence-electron chi connectivity index (χ4n) is 2.03. The standard InChI is InChI=1S/C14H21N3O2/c15-14(17-8-10-19-11-9-17)16-7-1-2-12-3-5-13(18)6-4-12/h3-6,18H,1-2,7-11H2,(H2,15,16). The molecule has 1 aromatic rings. The lowest BCUT2D eigenvalue weighted by Crippen LogP contribution is -2.44. The number of morpholine rings is 1. The summed E-state index contributed by atoms with van der Waals surface area (Å²) in [6.07, 6.45) is 1.90. The maximum Gasteiger partial charge on any atom is 0.191 e. The Labute approximate surface area is 113 Å². The van der Waals surface area contributed by atoms with Gasteiger partial charge >= 0.3 is 0 Å². The quantitative estimate of drug-likeness (QED) is 0.482. The van der Waals surface area contributed by atoms with E-state index in [0.29, 0.717) is 11.7 Å². The van der Waals surface area contributed by atoms with Gasteiger partial charge in [0, 0.05) is 19.6 Å². The van der Waals surface area contributed by atoms with Crippen LogP contribution in [0.2, 0.25) is 0 Å². The number of aromatic hydroxyl groups is 1. The van der Waals surface area contributed by atoms with Gasteiger partial charge in [0.15, 0.2) is 5.96 Å². The van der Waals surface area contributed by atoms with Crippen LogP contribution in [0, 0.1) is 0 Å². The van der Waals surface area contributed by atoms with Gasteiger partial charge < -0.3 is 20.5 Å². The first-order valence-electron chi connectivity index (χ1n) is 6.66. The number of phenols is 1. The molecule has 19 heavy (non-hydrogen) atoms. The highest BCUT2D eigenvalue weighted by atomic mass is 16.5. The molecule has 0 bridgehead atoms. The van der Waals surface area contributed by atoms with Crippen LogP contribution in [-0.4, -0.2) is 48.8 Å². The Morgan fingerprint density at radius 2 is 1.95 bits per heavy atom. The zero-order chi connectivity index (χ0) is 13.5. The Morgan fingerprint density at radius 3 is 2.63 bits per heavy atom. The van der Waals surface area contributed by atoms with Gasteiger partial charge in [0.1, 0.15) is 5.75 Å². The highest BCUT2D eigenvalue weighted by Gasteiger charge is 2.11. The molecular weight excluding hydrogens is 242 g/mol. The summed E-state index contributed by atoms with van der Waals surface area (Å²) in [6.45, 7) is 3.83. The molecule has 0 spiro atoms. The van der Waals surface area contributed by atoms with E-state index >= 15 is 0 Å². The molecule has 1 fully saturated rings. The largest absolute Gasteiger partial charge is 0.508 e. The molecule has 5 heteroatoms. The summed E-state index contributed by atoms with van der Waals surface area (Å²) in [5.41, 5.74) is 7.14. The average Bonchev–Trinajstić information content (AvgIpc) is 2.46. The van der Waals surface area contributed by atoms with Crippen molar-refractivity contribution in [1.29, 1.82) is 0 Å². The number of phenolic OH excluding ortho intramolecular Hbond substituents is 1. The van der Waals surface area contributed by atoms with Crippen molar-refractivity contribution >= 4 is 5.96 Å². The summed E-state index contributed by atoms with van der Waals surface area (Å²) in [7, 11) is 0. The summed E-state index contributed by atoms with van der Waals surface area (Å²) in [6, 6.07) is 7.29. The van der Waals surface area contributed by atoms with Crippen LogP contribution in [0.3, 0.4) is 0 Å². The second-order valence-corrected chi connectivity index (χ2v) is 4.61. The molecule has 104 valence electrons. The first-order valence-corrected chi connectivity index (χ1v) is 6.66. The topological polar surface area (TPSA) is 71.1 Å².